The number of hydrogen-bond donors (Lipinski definition) is 1. The second kappa shape index (κ2) is 4.07. The van der Waals surface area contributed by atoms with E-state index in [0.717, 1.165) is 15.9 Å². The summed E-state index contributed by atoms with van der Waals surface area (Å²) in [5.41, 5.74) is 2.49. The van der Waals surface area contributed by atoms with E-state index >= 15 is 0 Å². The molecule has 102 valence electrons. The Bertz CT molecular complexity index is 462. The molecular weight excluding hydrogens is 292 g/mol. The molecule has 0 aromatic carbocycles. The van der Waals surface area contributed by atoms with E-state index in [-0.39, 0.29) is 16.9 Å². The standard InChI is InChI=1S/C14H23BrN2O/c1-8-11(15)9(17(6)16-8)7-10(18)12-13(2,3)14(12,4)5/h10,12,18H,7H2,1-6H3. The molecule has 0 bridgehead atoms. The largest absolute Gasteiger partial charge is 0.392 e. The van der Waals surface area contributed by atoms with Crippen LogP contribution in [0.5, 0.6) is 0 Å². The van der Waals surface area contributed by atoms with Crippen molar-refractivity contribution in [3.05, 3.63) is 15.9 Å². The minimum atomic E-state index is -0.305. The third-order valence-electron chi connectivity index (χ3n) is 5.18. The van der Waals surface area contributed by atoms with E-state index in [1.54, 1.807) is 0 Å². The Morgan fingerprint density at radius 1 is 1.33 bits per heavy atom. The molecule has 1 unspecified atom stereocenters. The Morgan fingerprint density at radius 2 is 1.83 bits per heavy atom. The summed E-state index contributed by atoms with van der Waals surface area (Å²) in [6.45, 7) is 10.9. The van der Waals surface area contributed by atoms with E-state index in [0.29, 0.717) is 12.3 Å². The summed E-state index contributed by atoms with van der Waals surface area (Å²) >= 11 is 3.56. The molecule has 0 radical (unpaired) electrons. The fraction of sp³-hybridized carbons (Fsp3) is 0.786. The quantitative estimate of drug-likeness (QED) is 0.931. The second-order valence-corrected chi connectivity index (χ2v) is 7.46. The van der Waals surface area contributed by atoms with Gasteiger partial charge >= 0.3 is 0 Å². The van der Waals surface area contributed by atoms with Gasteiger partial charge in [0.25, 0.3) is 0 Å². The zero-order valence-electron chi connectivity index (χ0n) is 12.1. The van der Waals surface area contributed by atoms with Crippen molar-refractivity contribution in [2.75, 3.05) is 0 Å². The van der Waals surface area contributed by atoms with Crippen molar-refractivity contribution in [2.24, 2.45) is 23.8 Å². The molecule has 1 aromatic heterocycles. The molecule has 18 heavy (non-hydrogen) atoms. The van der Waals surface area contributed by atoms with E-state index in [9.17, 15) is 5.11 Å². The lowest BCUT2D eigenvalue weighted by Crippen LogP contribution is -2.19. The van der Waals surface area contributed by atoms with Gasteiger partial charge in [-0.2, -0.15) is 5.10 Å². The van der Waals surface area contributed by atoms with Crippen molar-refractivity contribution in [3.8, 4) is 0 Å². The maximum atomic E-state index is 10.5. The molecule has 1 heterocycles. The lowest BCUT2D eigenvalue weighted by Gasteiger charge is -2.13. The Labute approximate surface area is 118 Å². The van der Waals surface area contributed by atoms with Crippen LogP contribution in [0.25, 0.3) is 0 Å². The van der Waals surface area contributed by atoms with Crippen LogP contribution in [0.15, 0.2) is 4.47 Å². The van der Waals surface area contributed by atoms with Gasteiger partial charge in [0.2, 0.25) is 0 Å². The van der Waals surface area contributed by atoms with Crippen LogP contribution in [-0.2, 0) is 13.5 Å². The molecule has 0 aliphatic heterocycles. The molecule has 3 nitrogen and oxygen atoms in total. The van der Waals surface area contributed by atoms with Gasteiger partial charge in [-0.15, -0.1) is 0 Å². The van der Waals surface area contributed by atoms with Crippen LogP contribution < -0.4 is 0 Å². The van der Waals surface area contributed by atoms with Crippen LogP contribution in [0.2, 0.25) is 0 Å². The molecule has 1 N–H and O–H groups in total. The number of aromatic nitrogens is 2. The Hall–Kier alpha value is -0.350. The number of aliphatic hydroxyl groups excluding tert-OH is 1. The van der Waals surface area contributed by atoms with Crippen molar-refractivity contribution in [2.45, 2.75) is 47.1 Å². The van der Waals surface area contributed by atoms with Crippen molar-refractivity contribution in [1.82, 2.24) is 9.78 Å². The van der Waals surface area contributed by atoms with Crippen LogP contribution in [0.1, 0.15) is 39.1 Å². The smallest absolute Gasteiger partial charge is 0.0738 e. The average Bonchev–Trinajstić information content (AvgIpc) is 2.51. The van der Waals surface area contributed by atoms with Crippen LogP contribution >= 0.6 is 15.9 Å². The maximum absolute atomic E-state index is 10.5. The molecule has 0 spiro atoms. The van der Waals surface area contributed by atoms with E-state index in [2.05, 4.69) is 48.7 Å². The first kappa shape index (κ1) is 14.1. The first-order chi connectivity index (χ1) is 8.10. The second-order valence-electron chi connectivity index (χ2n) is 6.66. The number of halogens is 1. The van der Waals surface area contributed by atoms with Gasteiger partial charge < -0.3 is 5.11 Å². The molecule has 4 heteroatoms. The third kappa shape index (κ3) is 1.85. The first-order valence-electron chi connectivity index (χ1n) is 6.46. The SMILES string of the molecule is Cc1nn(C)c(CC(O)C2C(C)(C)C2(C)C)c1Br. The van der Waals surface area contributed by atoms with Crippen LogP contribution in [0, 0.1) is 23.7 Å². The third-order valence-corrected chi connectivity index (χ3v) is 6.21. The number of aryl methyl sites for hydroxylation is 2. The van der Waals surface area contributed by atoms with Crippen LogP contribution in [0.3, 0.4) is 0 Å². The van der Waals surface area contributed by atoms with Crippen molar-refractivity contribution >= 4 is 15.9 Å². The number of aliphatic hydroxyl groups is 1. The van der Waals surface area contributed by atoms with Gasteiger partial charge in [-0.05, 0) is 39.6 Å². The summed E-state index contributed by atoms with van der Waals surface area (Å²) in [4.78, 5) is 0. The molecule has 1 aliphatic rings. The highest BCUT2D eigenvalue weighted by atomic mass is 79.9. The van der Waals surface area contributed by atoms with E-state index in [4.69, 9.17) is 0 Å². The van der Waals surface area contributed by atoms with Gasteiger partial charge in [0.1, 0.15) is 0 Å². The highest BCUT2D eigenvalue weighted by molar-refractivity contribution is 9.10. The van der Waals surface area contributed by atoms with Gasteiger partial charge in [0, 0.05) is 13.5 Å². The Kier molecular flexibility index (Phi) is 3.18. The molecule has 1 fully saturated rings. The van der Waals surface area contributed by atoms with E-state index < -0.39 is 0 Å². The van der Waals surface area contributed by atoms with E-state index in [1.165, 1.54) is 0 Å². The fourth-order valence-corrected chi connectivity index (χ4v) is 3.92. The lowest BCUT2D eigenvalue weighted by molar-refractivity contribution is 0.127. The first-order valence-corrected chi connectivity index (χ1v) is 7.26. The predicted molar refractivity (Wildman–Crippen MR) is 76.4 cm³/mol. The summed E-state index contributed by atoms with van der Waals surface area (Å²) < 4.78 is 2.89. The molecule has 1 atom stereocenters. The van der Waals surface area contributed by atoms with Gasteiger partial charge in [0.05, 0.1) is 22.0 Å². The van der Waals surface area contributed by atoms with Crippen LogP contribution in [-0.4, -0.2) is 21.0 Å². The zero-order chi connectivity index (χ0) is 13.9. The molecule has 1 aliphatic carbocycles. The summed E-state index contributed by atoms with van der Waals surface area (Å²) in [6, 6.07) is 0. The van der Waals surface area contributed by atoms with Crippen LogP contribution in [0.4, 0.5) is 0 Å². The predicted octanol–water partition coefficient (Wildman–Crippen LogP) is 3.08. The highest BCUT2D eigenvalue weighted by Gasteiger charge is 2.67. The van der Waals surface area contributed by atoms with Gasteiger partial charge in [-0.3, -0.25) is 4.68 Å². The molecule has 1 saturated carbocycles. The van der Waals surface area contributed by atoms with E-state index in [1.807, 2.05) is 18.7 Å². The zero-order valence-corrected chi connectivity index (χ0v) is 13.7. The molecular formula is C14H23BrN2O. The normalized spacial score (nSPS) is 23.1. The van der Waals surface area contributed by atoms with Gasteiger partial charge in [-0.1, -0.05) is 27.7 Å². The Morgan fingerprint density at radius 3 is 2.17 bits per heavy atom. The van der Waals surface area contributed by atoms with Gasteiger partial charge in [0.15, 0.2) is 0 Å². The summed E-state index contributed by atoms with van der Waals surface area (Å²) in [6.07, 6.45) is 0.358. The van der Waals surface area contributed by atoms with Crippen molar-refractivity contribution in [3.63, 3.8) is 0 Å². The summed E-state index contributed by atoms with van der Waals surface area (Å²) in [7, 11) is 1.93. The molecule has 0 amide bonds. The molecule has 1 aromatic rings. The molecule has 0 saturated heterocycles. The van der Waals surface area contributed by atoms with Gasteiger partial charge in [-0.25, -0.2) is 0 Å². The number of hydrogen-bond acceptors (Lipinski definition) is 2. The lowest BCUT2D eigenvalue weighted by atomic mass is 10.0. The summed E-state index contributed by atoms with van der Waals surface area (Å²) in [5, 5.41) is 14.9. The number of nitrogens with zero attached hydrogens (tertiary/aromatic N) is 2. The number of rotatable bonds is 3. The minimum Gasteiger partial charge on any atom is -0.392 e. The highest BCUT2D eigenvalue weighted by Crippen LogP contribution is 2.69. The fourth-order valence-electron chi connectivity index (χ4n) is 3.43. The maximum Gasteiger partial charge on any atom is 0.0738 e. The minimum absolute atomic E-state index is 0.215. The average molecular weight is 315 g/mol. The van der Waals surface area contributed by atoms with Crippen molar-refractivity contribution < 1.29 is 5.11 Å². The topological polar surface area (TPSA) is 38.0 Å². The molecule has 2 rings (SSSR count). The monoisotopic (exact) mass is 314 g/mol. The summed E-state index contributed by atoms with van der Waals surface area (Å²) in [5.74, 6) is 0.354. The Balaban J connectivity index is 2.17. The van der Waals surface area contributed by atoms with Crippen molar-refractivity contribution in [1.29, 1.82) is 0 Å².